The SMILES string of the molecule is N#Cc1c(N)sc2c(F)ccc(-c3c(C(F)(F)F)cc4c(N5CC6CCC(C5)N6)nc(OCC56CCCN5CCC6)nc4c3F)c12. The van der Waals surface area contributed by atoms with Crippen molar-refractivity contribution in [1.29, 1.82) is 5.26 Å². The minimum absolute atomic E-state index is 0.0699. The Morgan fingerprint density at radius 3 is 2.50 bits per heavy atom. The van der Waals surface area contributed by atoms with Gasteiger partial charge in [-0.05, 0) is 69.3 Å². The number of nitriles is 1. The normalized spacial score (nSPS) is 22.6. The molecule has 2 aromatic heterocycles. The lowest BCUT2D eigenvalue weighted by Gasteiger charge is -2.35. The van der Waals surface area contributed by atoms with Crippen molar-refractivity contribution in [1.82, 2.24) is 20.2 Å². The molecule has 4 fully saturated rings. The van der Waals surface area contributed by atoms with Crippen LogP contribution in [0.2, 0.25) is 0 Å². The van der Waals surface area contributed by atoms with Gasteiger partial charge in [0.05, 0.1) is 21.4 Å². The lowest BCUT2D eigenvalue weighted by Crippen LogP contribution is -2.51. The molecule has 4 aromatic rings. The fraction of sp³-hybridized carbons (Fsp3) is 0.469. The molecule has 4 aliphatic rings. The number of nitrogens with zero attached hydrogens (tertiary/aromatic N) is 5. The summed E-state index contributed by atoms with van der Waals surface area (Å²) in [5.74, 6) is -1.84. The van der Waals surface area contributed by atoms with Crippen LogP contribution in [0.25, 0.3) is 32.1 Å². The second-order valence-corrected chi connectivity index (χ2v) is 13.9. The smallest absolute Gasteiger partial charge is 0.417 e. The fourth-order valence-corrected chi connectivity index (χ4v) is 9.07. The lowest BCUT2D eigenvalue weighted by molar-refractivity contribution is -0.137. The molecule has 240 valence electrons. The maximum absolute atomic E-state index is 17.0. The van der Waals surface area contributed by atoms with E-state index in [-0.39, 0.29) is 73.2 Å². The van der Waals surface area contributed by atoms with Gasteiger partial charge in [0.25, 0.3) is 0 Å². The number of anilines is 2. The third-order valence-corrected chi connectivity index (χ3v) is 11.2. The molecule has 0 radical (unpaired) electrons. The number of nitrogens with one attached hydrogen (secondary N) is 1. The van der Waals surface area contributed by atoms with Crippen LogP contribution in [-0.2, 0) is 6.18 Å². The molecule has 0 amide bonds. The molecule has 3 N–H and O–H groups in total. The molecule has 6 heterocycles. The number of piperazine rings is 1. The van der Waals surface area contributed by atoms with Gasteiger partial charge in [0, 0.05) is 41.5 Å². The van der Waals surface area contributed by atoms with Crippen molar-refractivity contribution >= 4 is 43.1 Å². The standard InChI is InChI=1S/C32H30F5N7OS/c33-22-6-5-18(23-20(12-38)28(39)46-27(22)23)24-21(32(35,36)37)11-19-26(25(24)34)41-30(45-15-31-7-1-9-44(31)10-2-8-31)42-29(19)43-13-16-3-4-17(14-43)40-16/h5-6,11,16-17,40H,1-4,7-10,13-15,39H2. The van der Waals surface area contributed by atoms with Crippen LogP contribution in [0.1, 0.15) is 49.7 Å². The summed E-state index contributed by atoms with van der Waals surface area (Å²) in [6.07, 6.45) is 0.814. The molecule has 0 saturated carbocycles. The Bertz CT molecular complexity index is 1920. The number of nitrogens with two attached hydrogens (primary N) is 1. The molecule has 0 spiro atoms. The van der Waals surface area contributed by atoms with E-state index in [0.717, 1.165) is 81.2 Å². The molecule has 4 aliphatic heterocycles. The number of halogens is 5. The quantitative estimate of drug-likeness (QED) is 0.245. The number of rotatable bonds is 5. The molecule has 46 heavy (non-hydrogen) atoms. The first kappa shape index (κ1) is 29.6. The van der Waals surface area contributed by atoms with E-state index in [0.29, 0.717) is 13.1 Å². The number of thiophene rings is 1. The molecule has 2 atom stereocenters. The highest BCUT2D eigenvalue weighted by Crippen LogP contribution is 2.48. The van der Waals surface area contributed by atoms with E-state index in [1.807, 2.05) is 11.0 Å². The summed E-state index contributed by atoms with van der Waals surface area (Å²) in [7, 11) is 0. The van der Waals surface area contributed by atoms with Crippen LogP contribution in [0.5, 0.6) is 6.01 Å². The molecular weight excluding hydrogens is 625 g/mol. The summed E-state index contributed by atoms with van der Waals surface area (Å²) in [6, 6.07) is 4.91. The van der Waals surface area contributed by atoms with Crippen molar-refractivity contribution in [3.8, 4) is 23.2 Å². The number of alkyl halides is 3. The van der Waals surface area contributed by atoms with Crippen LogP contribution in [0, 0.1) is 23.0 Å². The summed E-state index contributed by atoms with van der Waals surface area (Å²) in [5.41, 5.74) is 2.87. The fourth-order valence-electron chi connectivity index (χ4n) is 8.12. The average molecular weight is 656 g/mol. The summed E-state index contributed by atoms with van der Waals surface area (Å²) in [5, 5.41) is 13.0. The zero-order valence-electron chi connectivity index (χ0n) is 24.7. The van der Waals surface area contributed by atoms with E-state index in [1.54, 1.807) is 0 Å². The molecule has 14 heteroatoms. The second kappa shape index (κ2) is 10.6. The van der Waals surface area contributed by atoms with Gasteiger partial charge in [-0.3, -0.25) is 4.90 Å². The molecule has 2 unspecified atom stereocenters. The predicted molar refractivity (Wildman–Crippen MR) is 165 cm³/mol. The first-order valence-electron chi connectivity index (χ1n) is 15.5. The van der Waals surface area contributed by atoms with Gasteiger partial charge in [0.15, 0.2) is 5.82 Å². The highest BCUT2D eigenvalue weighted by molar-refractivity contribution is 7.23. The van der Waals surface area contributed by atoms with Crippen LogP contribution in [-0.4, -0.2) is 65.3 Å². The Labute approximate surface area is 264 Å². The van der Waals surface area contributed by atoms with Gasteiger partial charge in [-0.2, -0.15) is 28.4 Å². The first-order valence-corrected chi connectivity index (χ1v) is 16.3. The lowest BCUT2D eigenvalue weighted by atomic mass is 9.92. The Morgan fingerprint density at radius 2 is 1.83 bits per heavy atom. The number of ether oxygens (including phenoxy) is 1. The number of benzene rings is 2. The summed E-state index contributed by atoms with van der Waals surface area (Å²) >= 11 is 0.731. The zero-order valence-corrected chi connectivity index (χ0v) is 25.5. The van der Waals surface area contributed by atoms with E-state index >= 15 is 4.39 Å². The highest BCUT2D eigenvalue weighted by Gasteiger charge is 2.45. The van der Waals surface area contributed by atoms with Crippen LogP contribution in [0.15, 0.2) is 18.2 Å². The first-order chi connectivity index (χ1) is 22.1. The number of hydrogen-bond acceptors (Lipinski definition) is 9. The van der Waals surface area contributed by atoms with Crippen molar-refractivity contribution in [2.75, 3.05) is 43.4 Å². The van der Waals surface area contributed by atoms with Gasteiger partial charge in [0.1, 0.15) is 34.8 Å². The van der Waals surface area contributed by atoms with Crippen LogP contribution >= 0.6 is 11.3 Å². The van der Waals surface area contributed by atoms with Crippen molar-refractivity contribution in [3.63, 3.8) is 0 Å². The molecule has 8 rings (SSSR count). The molecule has 2 bridgehead atoms. The maximum Gasteiger partial charge on any atom is 0.417 e. The van der Waals surface area contributed by atoms with Crippen LogP contribution < -0.4 is 20.7 Å². The summed E-state index contributed by atoms with van der Waals surface area (Å²) in [6.45, 7) is 3.21. The van der Waals surface area contributed by atoms with Gasteiger partial charge in [0.2, 0.25) is 0 Å². The molecule has 2 aromatic carbocycles. The van der Waals surface area contributed by atoms with Crippen molar-refractivity contribution in [3.05, 3.63) is 41.0 Å². The Morgan fingerprint density at radius 1 is 1.11 bits per heavy atom. The van der Waals surface area contributed by atoms with Gasteiger partial charge in [-0.1, -0.05) is 6.07 Å². The number of aromatic nitrogens is 2. The summed E-state index contributed by atoms with van der Waals surface area (Å²) in [4.78, 5) is 13.4. The minimum atomic E-state index is -5.01. The molecular formula is C32H30F5N7OS. The van der Waals surface area contributed by atoms with Crippen molar-refractivity contribution in [2.24, 2.45) is 0 Å². The highest BCUT2D eigenvalue weighted by atomic mass is 32.1. The molecule has 0 aliphatic carbocycles. The van der Waals surface area contributed by atoms with Gasteiger partial charge in [-0.15, -0.1) is 11.3 Å². The van der Waals surface area contributed by atoms with Gasteiger partial charge in [-0.25, -0.2) is 8.78 Å². The molecule has 8 nitrogen and oxygen atoms in total. The Balaban J connectivity index is 1.35. The van der Waals surface area contributed by atoms with Gasteiger partial charge >= 0.3 is 12.2 Å². The van der Waals surface area contributed by atoms with Crippen molar-refractivity contribution in [2.45, 2.75) is 62.3 Å². The molecule has 4 saturated heterocycles. The third-order valence-electron chi connectivity index (χ3n) is 10.2. The monoisotopic (exact) mass is 655 g/mol. The van der Waals surface area contributed by atoms with Crippen LogP contribution in [0.4, 0.5) is 32.8 Å². The largest absolute Gasteiger partial charge is 0.461 e. The van der Waals surface area contributed by atoms with E-state index in [9.17, 15) is 22.8 Å². The van der Waals surface area contributed by atoms with Gasteiger partial charge < -0.3 is 20.7 Å². The van der Waals surface area contributed by atoms with E-state index in [4.69, 9.17) is 10.5 Å². The number of hydrogen-bond donors (Lipinski definition) is 2. The van der Waals surface area contributed by atoms with E-state index in [2.05, 4.69) is 20.2 Å². The Hall–Kier alpha value is -3.80. The average Bonchev–Trinajstić information content (AvgIpc) is 3.78. The predicted octanol–water partition coefficient (Wildman–Crippen LogP) is 6.21. The minimum Gasteiger partial charge on any atom is -0.461 e. The van der Waals surface area contributed by atoms with Crippen molar-refractivity contribution < 1.29 is 26.7 Å². The zero-order chi connectivity index (χ0) is 32.0. The number of fused-ring (bicyclic) bond motifs is 5. The summed E-state index contributed by atoms with van der Waals surface area (Å²) < 4.78 is 82.6. The van der Waals surface area contributed by atoms with Crippen LogP contribution in [0.3, 0.4) is 0 Å². The second-order valence-electron chi connectivity index (χ2n) is 12.8. The Kier molecular flexibility index (Phi) is 6.83. The maximum atomic E-state index is 17.0. The topological polar surface area (TPSA) is 103 Å². The third kappa shape index (κ3) is 4.57. The van der Waals surface area contributed by atoms with E-state index in [1.165, 1.54) is 0 Å². The number of nitrogen functional groups attached to an aromatic ring is 1. The van der Waals surface area contributed by atoms with E-state index < -0.39 is 28.9 Å².